The van der Waals surface area contributed by atoms with E-state index in [2.05, 4.69) is 30.3 Å². The molecule has 12 heteroatoms. The van der Waals surface area contributed by atoms with Gasteiger partial charge in [0.2, 0.25) is 0 Å². The van der Waals surface area contributed by atoms with Crippen LogP contribution in [0.1, 0.15) is 10.4 Å². The standard InChI is InChI=1S/C17H11F2N5O5/c18-17(19)28-13-6-3-11(7-14(13)29-17)21-15(25)8-27-16(26)10-1-4-12(5-2-10)24-9-20-22-23-24/h1-7,9H,8H2,(H,21,25). The molecule has 0 fully saturated rings. The zero-order chi connectivity index (χ0) is 20.4. The summed E-state index contributed by atoms with van der Waals surface area (Å²) in [6.07, 6.45) is -2.35. The summed E-state index contributed by atoms with van der Waals surface area (Å²) in [5.74, 6) is -1.74. The fourth-order valence-electron chi connectivity index (χ4n) is 2.47. The molecule has 0 saturated heterocycles. The van der Waals surface area contributed by atoms with Gasteiger partial charge >= 0.3 is 12.3 Å². The largest absolute Gasteiger partial charge is 0.586 e. The SMILES string of the molecule is O=C(COC(=O)c1ccc(-n2cnnn2)cc1)Nc1ccc2c(c1)OC(F)(F)O2. The van der Waals surface area contributed by atoms with Gasteiger partial charge in [0.15, 0.2) is 18.1 Å². The molecular formula is C17H11F2N5O5. The lowest BCUT2D eigenvalue weighted by Crippen LogP contribution is -2.25. The maximum Gasteiger partial charge on any atom is 0.586 e. The molecule has 0 unspecified atom stereocenters. The van der Waals surface area contributed by atoms with Gasteiger partial charge in [-0.1, -0.05) is 0 Å². The number of anilines is 1. The first-order chi connectivity index (χ1) is 13.9. The van der Waals surface area contributed by atoms with Gasteiger partial charge in [-0.15, -0.1) is 13.9 Å². The van der Waals surface area contributed by atoms with E-state index in [1.807, 2.05) is 0 Å². The Bertz CT molecular complexity index is 1060. The third kappa shape index (κ3) is 4.10. The smallest absolute Gasteiger partial charge is 0.452 e. The molecule has 0 spiro atoms. The number of nitrogens with one attached hydrogen (secondary N) is 1. The lowest BCUT2D eigenvalue weighted by molar-refractivity contribution is -0.286. The molecule has 0 aliphatic carbocycles. The number of aromatic nitrogens is 4. The second kappa shape index (κ2) is 7.14. The van der Waals surface area contributed by atoms with Gasteiger partial charge in [-0.3, -0.25) is 4.79 Å². The highest BCUT2D eigenvalue weighted by Gasteiger charge is 2.43. The Hall–Kier alpha value is -4.09. The Morgan fingerprint density at radius 3 is 2.59 bits per heavy atom. The van der Waals surface area contributed by atoms with Gasteiger partial charge in [-0.25, -0.2) is 9.48 Å². The van der Waals surface area contributed by atoms with Crippen LogP contribution < -0.4 is 14.8 Å². The van der Waals surface area contributed by atoms with Crippen molar-refractivity contribution in [3.8, 4) is 17.2 Å². The van der Waals surface area contributed by atoms with Gasteiger partial charge in [-0.05, 0) is 46.8 Å². The van der Waals surface area contributed by atoms with Gasteiger partial charge in [0.25, 0.3) is 5.91 Å². The van der Waals surface area contributed by atoms with Gasteiger partial charge in [0, 0.05) is 11.8 Å². The molecule has 1 aromatic heterocycles. The number of tetrazole rings is 1. The fourth-order valence-corrected chi connectivity index (χ4v) is 2.47. The molecule has 0 atom stereocenters. The monoisotopic (exact) mass is 403 g/mol. The first kappa shape index (κ1) is 18.3. The van der Waals surface area contributed by atoms with E-state index in [9.17, 15) is 18.4 Å². The van der Waals surface area contributed by atoms with Crippen LogP contribution in [-0.4, -0.2) is 45.0 Å². The lowest BCUT2D eigenvalue weighted by Gasteiger charge is -2.07. The Morgan fingerprint density at radius 2 is 1.86 bits per heavy atom. The third-order valence-corrected chi connectivity index (χ3v) is 3.74. The highest BCUT2D eigenvalue weighted by molar-refractivity contribution is 5.95. The minimum absolute atomic E-state index is 0.149. The predicted octanol–water partition coefficient (Wildman–Crippen LogP) is 1.78. The molecule has 0 bridgehead atoms. The first-order valence-electron chi connectivity index (χ1n) is 8.10. The maximum absolute atomic E-state index is 13.0. The minimum atomic E-state index is -3.75. The van der Waals surface area contributed by atoms with E-state index in [0.29, 0.717) is 5.69 Å². The van der Waals surface area contributed by atoms with Gasteiger partial charge in [-0.2, -0.15) is 0 Å². The summed E-state index contributed by atoms with van der Waals surface area (Å²) >= 11 is 0. The van der Waals surface area contributed by atoms with Gasteiger partial charge in [0.1, 0.15) is 6.33 Å². The number of halogens is 2. The third-order valence-electron chi connectivity index (χ3n) is 3.74. The van der Waals surface area contributed by atoms with Crippen LogP contribution in [0.2, 0.25) is 0 Å². The van der Waals surface area contributed by atoms with Crippen LogP contribution in [0, 0.1) is 0 Å². The van der Waals surface area contributed by atoms with Crippen molar-refractivity contribution in [2.24, 2.45) is 0 Å². The number of carbonyl (C=O) groups excluding carboxylic acids is 2. The fraction of sp³-hybridized carbons (Fsp3) is 0.118. The maximum atomic E-state index is 13.0. The first-order valence-corrected chi connectivity index (χ1v) is 8.10. The van der Waals surface area contributed by atoms with Crippen molar-refractivity contribution in [2.75, 3.05) is 11.9 Å². The molecule has 1 aliphatic heterocycles. The van der Waals surface area contributed by atoms with Crippen molar-refractivity contribution >= 4 is 17.6 Å². The molecule has 2 heterocycles. The number of ether oxygens (including phenoxy) is 3. The van der Waals surface area contributed by atoms with Crippen LogP contribution in [0.25, 0.3) is 5.69 Å². The molecule has 4 rings (SSSR count). The highest BCUT2D eigenvalue weighted by Crippen LogP contribution is 2.42. The van der Waals surface area contributed by atoms with Crippen LogP contribution in [0.15, 0.2) is 48.8 Å². The highest BCUT2D eigenvalue weighted by atomic mass is 19.3. The van der Waals surface area contributed by atoms with Gasteiger partial charge < -0.3 is 19.5 Å². The number of fused-ring (bicyclic) bond motifs is 1. The van der Waals surface area contributed by atoms with Crippen LogP contribution in [0.5, 0.6) is 11.5 Å². The van der Waals surface area contributed by atoms with E-state index in [-0.39, 0.29) is 22.7 Å². The van der Waals surface area contributed by atoms with E-state index in [4.69, 9.17) is 4.74 Å². The zero-order valence-corrected chi connectivity index (χ0v) is 14.4. The summed E-state index contributed by atoms with van der Waals surface area (Å²) in [7, 11) is 0. The Balaban J connectivity index is 1.31. The molecule has 148 valence electrons. The van der Waals surface area contributed by atoms with Gasteiger partial charge in [0.05, 0.1) is 11.3 Å². The second-order valence-electron chi connectivity index (χ2n) is 5.75. The van der Waals surface area contributed by atoms with Crippen LogP contribution >= 0.6 is 0 Å². The van der Waals surface area contributed by atoms with Crippen LogP contribution in [-0.2, 0) is 9.53 Å². The number of alkyl halides is 2. The molecule has 1 N–H and O–H groups in total. The minimum Gasteiger partial charge on any atom is -0.452 e. The number of benzene rings is 2. The lowest BCUT2D eigenvalue weighted by atomic mass is 10.2. The van der Waals surface area contributed by atoms with E-state index in [1.54, 1.807) is 12.1 Å². The van der Waals surface area contributed by atoms with Crippen molar-refractivity contribution in [1.82, 2.24) is 20.2 Å². The molecule has 29 heavy (non-hydrogen) atoms. The zero-order valence-electron chi connectivity index (χ0n) is 14.4. The number of esters is 1. The summed E-state index contributed by atoms with van der Waals surface area (Å²) < 4.78 is 40.9. The number of nitrogens with zero attached hydrogens (tertiary/aromatic N) is 4. The molecular weight excluding hydrogens is 392 g/mol. The summed E-state index contributed by atoms with van der Waals surface area (Å²) in [6.45, 7) is -0.571. The topological polar surface area (TPSA) is 117 Å². The number of hydrogen-bond acceptors (Lipinski definition) is 8. The molecule has 1 aliphatic rings. The number of carbonyl (C=O) groups is 2. The average Bonchev–Trinajstić information content (AvgIpc) is 3.32. The normalized spacial score (nSPS) is 13.7. The number of hydrogen-bond donors (Lipinski definition) is 1. The molecule has 2 aromatic carbocycles. The van der Waals surface area contributed by atoms with E-state index < -0.39 is 24.8 Å². The predicted molar refractivity (Wildman–Crippen MR) is 90.7 cm³/mol. The Kier molecular flexibility index (Phi) is 4.50. The molecule has 0 saturated carbocycles. The van der Waals surface area contributed by atoms with E-state index in [0.717, 1.165) is 0 Å². The Morgan fingerprint density at radius 1 is 1.10 bits per heavy atom. The van der Waals surface area contributed by atoms with Crippen LogP contribution in [0.3, 0.4) is 0 Å². The van der Waals surface area contributed by atoms with E-state index >= 15 is 0 Å². The molecule has 1 amide bonds. The Labute approximate surface area is 161 Å². The van der Waals surface area contributed by atoms with Crippen LogP contribution in [0.4, 0.5) is 14.5 Å². The molecule has 0 radical (unpaired) electrons. The van der Waals surface area contributed by atoms with E-state index in [1.165, 1.54) is 41.3 Å². The summed E-state index contributed by atoms with van der Waals surface area (Å²) in [5, 5.41) is 13.1. The summed E-state index contributed by atoms with van der Waals surface area (Å²) in [6, 6.07) is 9.95. The molecule has 3 aromatic rings. The van der Waals surface area contributed by atoms with Crippen molar-refractivity contribution < 1.29 is 32.6 Å². The van der Waals surface area contributed by atoms with Crippen molar-refractivity contribution in [3.05, 3.63) is 54.4 Å². The van der Waals surface area contributed by atoms with Crippen molar-refractivity contribution in [1.29, 1.82) is 0 Å². The second-order valence-corrected chi connectivity index (χ2v) is 5.75. The number of amides is 1. The summed E-state index contributed by atoms with van der Waals surface area (Å²) in [4.78, 5) is 24.0. The summed E-state index contributed by atoms with van der Waals surface area (Å²) in [5.41, 5.74) is 1.04. The quantitative estimate of drug-likeness (QED) is 0.641. The van der Waals surface area contributed by atoms with Crippen molar-refractivity contribution in [2.45, 2.75) is 6.29 Å². The van der Waals surface area contributed by atoms with Crippen molar-refractivity contribution in [3.63, 3.8) is 0 Å². The average molecular weight is 403 g/mol. The number of rotatable bonds is 5. The molecule has 10 nitrogen and oxygen atoms in total.